The Bertz CT molecular complexity index is 463. The number of amides is 1. The summed E-state index contributed by atoms with van der Waals surface area (Å²) in [7, 11) is 1.66. The maximum atomic E-state index is 12.2. The molecule has 0 N–H and O–H groups in total. The van der Waals surface area contributed by atoms with Crippen molar-refractivity contribution < 1.29 is 4.79 Å². The number of nitrogens with zero attached hydrogens (tertiary/aromatic N) is 2. The predicted octanol–water partition coefficient (Wildman–Crippen LogP) is 2.79. The van der Waals surface area contributed by atoms with Crippen LogP contribution in [0.3, 0.4) is 0 Å². The van der Waals surface area contributed by atoms with Crippen molar-refractivity contribution in [2.75, 3.05) is 17.8 Å². The SMILES string of the molecule is CN(C(=O)C(C)(C)CCl)c1ccccc1C#N. The molecule has 0 bridgehead atoms. The smallest absolute Gasteiger partial charge is 0.233 e. The van der Waals surface area contributed by atoms with Crippen LogP contribution in [0.2, 0.25) is 0 Å². The van der Waals surface area contributed by atoms with E-state index in [4.69, 9.17) is 16.9 Å². The molecule has 17 heavy (non-hydrogen) atoms. The maximum Gasteiger partial charge on any atom is 0.233 e. The number of alkyl halides is 1. The third-order valence-corrected chi connectivity index (χ3v) is 3.27. The Morgan fingerprint density at radius 2 is 2.06 bits per heavy atom. The van der Waals surface area contributed by atoms with Gasteiger partial charge >= 0.3 is 0 Å². The molecule has 1 amide bonds. The lowest BCUT2D eigenvalue weighted by atomic mass is 9.94. The Kier molecular flexibility index (Phi) is 4.14. The van der Waals surface area contributed by atoms with E-state index >= 15 is 0 Å². The van der Waals surface area contributed by atoms with Crippen molar-refractivity contribution in [1.82, 2.24) is 0 Å². The highest BCUT2D eigenvalue weighted by Gasteiger charge is 2.30. The van der Waals surface area contributed by atoms with Crippen molar-refractivity contribution in [3.63, 3.8) is 0 Å². The molecule has 0 spiro atoms. The molecule has 0 heterocycles. The molecule has 0 aliphatic carbocycles. The van der Waals surface area contributed by atoms with Crippen LogP contribution in [0.4, 0.5) is 5.69 Å². The summed E-state index contributed by atoms with van der Waals surface area (Å²) in [5.41, 5.74) is 0.450. The quantitative estimate of drug-likeness (QED) is 0.775. The highest BCUT2D eigenvalue weighted by molar-refractivity contribution is 6.20. The second-order valence-corrected chi connectivity index (χ2v) is 4.78. The lowest BCUT2D eigenvalue weighted by molar-refractivity contribution is -0.125. The highest BCUT2D eigenvalue weighted by atomic mass is 35.5. The second kappa shape index (κ2) is 5.20. The Hall–Kier alpha value is -1.53. The third kappa shape index (κ3) is 2.78. The summed E-state index contributed by atoms with van der Waals surface area (Å²) in [5.74, 6) is 0.139. The molecule has 0 aliphatic heterocycles. The van der Waals surface area contributed by atoms with Gasteiger partial charge in [-0.15, -0.1) is 11.6 Å². The van der Waals surface area contributed by atoms with Gasteiger partial charge in [0.2, 0.25) is 5.91 Å². The van der Waals surface area contributed by atoms with Crippen LogP contribution in [0.1, 0.15) is 19.4 Å². The number of hydrogen-bond donors (Lipinski definition) is 0. The number of para-hydroxylation sites is 1. The minimum Gasteiger partial charge on any atom is -0.314 e. The van der Waals surface area contributed by atoms with Crippen LogP contribution in [0.25, 0.3) is 0 Å². The largest absolute Gasteiger partial charge is 0.314 e. The maximum absolute atomic E-state index is 12.2. The van der Waals surface area contributed by atoms with Gasteiger partial charge in [0, 0.05) is 12.9 Å². The highest BCUT2D eigenvalue weighted by Crippen LogP contribution is 2.25. The first-order valence-electron chi connectivity index (χ1n) is 5.27. The molecule has 0 fully saturated rings. The van der Waals surface area contributed by atoms with Crippen molar-refractivity contribution in [3.8, 4) is 6.07 Å². The van der Waals surface area contributed by atoms with Gasteiger partial charge in [-0.3, -0.25) is 4.79 Å². The number of rotatable bonds is 3. The van der Waals surface area contributed by atoms with Gasteiger partial charge in [-0.05, 0) is 26.0 Å². The molecular weight excluding hydrogens is 236 g/mol. The first kappa shape index (κ1) is 13.5. The average molecular weight is 251 g/mol. The number of hydrogen-bond acceptors (Lipinski definition) is 2. The fourth-order valence-electron chi connectivity index (χ4n) is 1.48. The van der Waals surface area contributed by atoms with Crippen molar-refractivity contribution in [1.29, 1.82) is 5.26 Å². The van der Waals surface area contributed by atoms with Gasteiger partial charge in [-0.1, -0.05) is 12.1 Å². The number of carbonyl (C=O) groups is 1. The first-order valence-corrected chi connectivity index (χ1v) is 5.80. The molecular formula is C13H15ClN2O. The summed E-state index contributed by atoms with van der Waals surface area (Å²) in [6, 6.07) is 9.08. The molecule has 0 saturated heterocycles. The minimum atomic E-state index is -0.640. The van der Waals surface area contributed by atoms with Crippen LogP contribution < -0.4 is 4.90 Å². The van der Waals surface area contributed by atoms with Crippen molar-refractivity contribution >= 4 is 23.2 Å². The Morgan fingerprint density at radius 1 is 1.47 bits per heavy atom. The Morgan fingerprint density at radius 3 is 2.59 bits per heavy atom. The van der Waals surface area contributed by atoms with Gasteiger partial charge < -0.3 is 4.90 Å². The zero-order valence-electron chi connectivity index (χ0n) is 10.2. The lowest BCUT2D eigenvalue weighted by Crippen LogP contribution is -2.40. The fourth-order valence-corrected chi connectivity index (χ4v) is 1.60. The molecule has 0 unspecified atom stereocenters. The molecule has 90 valence electrons. The van der Waals surface area contributed by atoms with E-state index < -0.39 is 5.41 Å². The van der Waals surface area contributed by atoms with Crippen LogP contribution >= 0.6 is 11.6 Å². The molecule has 1 aromatic rings. The monoisotopic (exact) mass is 250 g/mol. The van der Waals surface area contributed by atoms with Gasteiger partial charge in [0.15, 0.2) is 0 Å². The van der Waals surface area contributed by atoms with Gasteiger partial charge in [-0.25, -0.2) is 0 Å². The van der Waals surface area contributed by atoms with Crippen LogP contribution in [0.15, 0.2) is 24.3 Å². The summed E-state index contributed by atoms with van der Waals surface area (Å²) in [4.78, 5) is 13.7. The van der Waals surface area contributed by atoms with E-state index in [0.717, 1.165) is 0 Å². The number of anilines is 1. The standard InChI is InChI=1S/C13H15ClN2O/c1-13(2,9-14)12(17)16(3)11-7-5-4-6-10(11)8-15/h4-7H,9H2,1-3H3. The van der Waals surface area contributed by atoms with Crippen LogP contribution in [0.5, 0.6) is 0 Å². The molecule has 1 rings (SSSR count). The molecule has 4 heteroatoms. The van der Waals surface area contributed by atoms with E-state index in [1.807, 2.05) is 0 Å². The average Bonchev–Trinajstić information content (AvgIpc) is 2.36. The molecule has 1 aromatic carbocycles. The summed E-state index contributed by atoms with van der Waals surface area (Å²) in [6.07, 6.45) is 0. The Labute approximate surface area is 107 Å². The first-order chi connectivity index (χ1) is 7.94. The number of halogens is 1. The minimum absolute atomic E-state index is 0.102. The van der Waals surface area contributed by atoms with Gasteiger partial charge in [0.05, 0.1) is 16.7 Å². The summed E-state index contributed by atoms with van der Waals surface area (Å²) in [6.45, 7) is 3.57. The predicted molar refractivity (Wildman–Crippen MR) is 69.1 cm³/mol. The van der Waals surface area contributed by atoms with E-state index in [0.29, 0.717) is 11.3 Å². The van der Waals surface area contributed by atoms with Crippen LogP contribution in [-0.2, 0) is 4.79 Å². The third-order valence-electron chi connectivity index (χ3n) is 2.60. The van der Waals surface area contributed by atoms with Crippen molar-refractivity contribution in [3.05, 3.63) is 29.8 Å². The van der Waals surface area contributed by atoms with Gasteiger partial charge in [-0.2, -0.15) is 5.26 Å². The normalized spacial score (nSPS) is 10.8. The van der Waals surface area contributed by atoms with E-state index in [-0.39, 0.29) is 11.8 Å². The summed E-state index contributed by atoms with van der Waals surface area (Å²) in [5, 5.41) is 9.00. The molecule has 3 nitrogen and oxygen atoms in total. The molecule has 0 saturated carbocycles. The van der Waals surface area contributed by atoms with Crippen molar-refractivity contribution in [2.45, 2.75) is 13.8 Å². The number of nitriles is 1. The van der Waals surface area contributed by atoms with Crippen LogP contribution in [0, 0.1) is 16.7 Å². The number of benzene rings is 1. The van der Waals surface area contributed by atoms with E-state index in [9.17, 15) is 4.79 Å². The van der Waals surface area contributed by atoms with Gasteiger partial charge in [0.1, 0.15) is 6.07 Å². The van der Waals surface area contributed by atoms with Crippen molar-refractivity contribution in [2.24, 2.45) is 5.41 Å². The molecule has 0 aliphatic rings. The zero-order chi connectivity index (χ0) is 13.1. The summed E-state index contributed by atoms with van der Waals surface area (Å²) < 4.78 is 0. The lowest BCUT2D eigenvalue weighted by Gasteiger charge is -2.28. The second-order valence-electron chi connectivity index (χ2n) is 4.51. The Balaban J connectivity index is 3.10. The fraction of sp³-hybridized carbons (Fsp3) is 0.385. The summed E-state index contributed by atoms with van der Waals surface area (Å²) >= 11 is 5.78. The zero-order valence-corrected chi connectivity index (χ0v) is 11.0. The van der Waals surface area contributed by atoms with Crippen LogP contribution in [-0.4, -0.2) is 18.8 Å². The van der Waals surface area contributed by atoms with Gasteiger partial charge in [0.25, 0.3) is 0 Å². The topological polar surface area (TPSA) is 44.1 Å². The van der Waals surface area contributed by atoms with E-state index in [1.54, 1.807) is 45.2 Å². The van der Waals surface area contributed by atoms with E-state index in [1.165, 1.54) is 4.90 Å². The molecule has 0 radical (unpaired) electrons. The molecule has 0 atom stereocenters. The van der Waals surface area contributed by atoms with E-state index in [2.05, 4.69) is 6.07 Å². The number of carbonyl (C=O) groups excluding carboxylic acids is 1. The molecule has 0 aromatic heterocycles.